The van der Waals surface area contributed by atoms with Gasteiger partial charge in [0.15, 0.2) is 0 Å². The Hall–Kier alpha value is -0.440. The van der Waals surface area contributed by atoms with Crippen LogP contribution in [0.1, 0.15) is 51.9 Å². The summed E-state index contributed by atoms with van der Waals surface area (Å²) in [6.45, 7) is 6.71. The van der Waals surface area contributed by atoms with Gasteiger partial charge < -0.3 is 4.57 Å². The molecule has 2 nitrogen and oxygen atoms in total. The first-order chi connectivity index (χ1) is 9.93. The van der Waals surface area contributed by atoms with Gasteiger partial charge in [-0.1, -0.05) is 49.9 Å². The molecule has 1 unspecified atom stereocenters. The number of aromatic nitrogens is 2. The van der Waals surface area contributed by atoms with Gasteiger partial charge in [-0.3, -0.25) is 0 Å². The lowest BCUT2D eigenvalue weighted by atomic mass is 10.0. The summed E-state index contributed by atoms with van der Waals surface area (Å²) in [5.74, 6) is 2.00. The van der Waals surface area contributed by atoms with E-state index in [1.54, 1.807) is 0 Å². The Labute approximate surface area is 141 Å². The van der Waals surface area contributed by atoms with E-state index in [0.717, 1.165) is 29.2 Å². The minimum absolute atomic E-state index is 0.347. The van der Waals surface area contributed by atoms with Crippen LogP contribution in [0.2, 0.25) is 10.0 Å². The molecule has 1 aromatic heterocycles. The summed E-state index contributed by atoms with van der Waals surface area (Å²) in [4.78, 5) is 4.59. The number of imidazole rings is 1. The van der Waals surface area contributed by atoms with Crippen LogP contribution < -0.4 is 0 Å². The lowest BCUT2D eigenvalue weighted by Crippen LogP contribution is -2.09. The molecule has 116 valence electrons. The normalized spacial score (nSPS) is 13.3. The summed E-state index contributed by atoms with van der Waals surface area (Å²) < 4.78 is 2.20. The molecule has 2 aromatic rings. The molecule has 0 saturated heterocycles. The van der Waals surface area contributed by atoms with Gasteiger partial charge in [0.2, 0.25) is 0 Å². The van der Waals surface area contributed by atoms with Gasteiger partial charge >= 0.3 is 0 Å². The van der Waals surface area contributed by atoms with Crippen LogP contribution in [0.3, 0.4) is 0 Å². The molecular formula is C16H21Cl3N2. The van der Waals surface area contributed by atoms with E-state index in [9.17, 15) is 0 Å². The van der Waals surface area contributed by atoms with Crippen LogP contribution in [-0.4, -0.2) is 9.55 Å². The van der Waals surface area contributed by atoms with Gasteiger partial charge in [-0.15, -0.1) is 11.6 Å². The fraction of sp³-hybridized carbons (Fsp3) is 0.562. The van der Waals surface area contributed by atoms with E-state index in [2.05, 4.69) is 30.3 Å². The Bertz CT molecular complexity index is 619. The van der Waals surface area contributed by atoms with Crippen LogP contribution in [0.25, 0.3) is 11.0 Å². The van der Waals surface area contributed by atoms with Gasteiger partial charge in [-0.25, -0.2) is 4.98 Å². The van der Waals surface area contributed by atoms with Crippen molar-refractivity contribution in [3.8, 4) is 0 Å². The second-order valence-corrected chi connectivity index (χ2v) is 7.04. The van der Waals surface area contributed by atoms with Crippen molar-refractivity contribution in [2.75, 3.05) is 0 Å². The summed E-state index contributed by atoms with van der Waals surface area (Å²) in [6.07, 6.45) is 3.54. The number of hydrogen-bond acceptors (Lipinski definition) is 1. The zero-order valence-corrected chi connectivity index (χ0v) is 14.9. The topological polar surface area (TPSA) is 17.8 Å². The van der Waals surface area contributed by atoms with E-state index in [1.807, 2.05) is 12.1 Å². The highest BCUT2D eigenvalue weighted by Crippen LogP contribution is 2.31. The maximum absolute atomic E-state index is 6.16. The average molecular weight is 348 g/mol. The van der Waals surface area contributed by atoms with Crippen LogP contribution in [0.15, 0.2) is 12.1 Å². The number of hydrogen-bond donors (Lipinski definition) is 0. The van der Waals surface area contributed by atoms with Crippen LogP contribution in [0, 0.1) is 5.92 Å². The zero-order chi connectivity index (χ0) is 15.6. The van der Waals surface area contributed by atoms with E-state index < -0.39 is 0 Å². The van der Waals surface area contributed by atoms with Crippen LogP contribution in [0.4, 0.5) is 0 Å². The number of rotatable bonds is 6. The summed E-state index contributed by atoms with van der Waals surface area (Å²) in [5, 5.41) is 1.09. The molecule has 0 aliphatic rings. The van der Waals surface area contributed by atoms with Gasteiger partial charge in [0.1, 0.15) is 5.82 Å². The largest absolute Gasteiger partial charge is 0.324 e. The van der Waals surface area contributed by atoms with Crippen molar-refractivity contribution < 1.29 is 0 Å². The molecule has 1 atom stereocenters. The fourth-order valence-electron chi connectivity index (χ4n) is 2.68. The number of nitrogens with zero attached hydrogens (tertiary/aromatic N) is 2. The van der Waals surface area contributed by atoms with E-state index >= 15 is 0 Å². The maximum atomic E-state index is 6.16. The molecule has 5 heteroatoms. The molecule has 0 saturated carbocycles. The Morgan fingerprint density at radius 3 is 2.38 bits per heavy atom. The Balaban J connectivity index is 2.34. The first-order valence-corrected chi connectivity index (χ1v) is 8.65. The highest BCUT2D eigenvalue weighted by molar-refractivity contribution is 6.42. The zero-order valence-electron chi connectivity index (χ0n) is 12.7. The Morgan fingerprint density at radius 1 is 1.10 bits per heavy atom. The number of alkyl halides is 1. The standard InChI is InChI=1S/C16H21Cl3N2/c1-10(2)5-4-6-11(3)21-15-8-13(19)12(18)7-14(15)20-16(21)9-17/h7-8,10-11H,4-6,9H2,1-3H3. The molecule has 0 aliphatic carbocycles. The molecule has 1 aromatic carbocycles. The summed E-state index contributed by atoms with van der Waals surface area (Å²) in [5.41, 5.74) is 1.87. The van der Waals surface area contributed by atoms with Gasteiger partial charge in [0.05, 0.1) is 27.0 Å². The summed E-state index contributed by atoms with van der Waals surface area (Å²) in [7, 11) is 0. The van der Waals surface area contributed by atoms with E-state index in [0.29, 0.717) is 22.0 Å². The predicted molar refractivity (Wildman–Crippen MR) is 92.7 cm³/mol. The predicted octanol–water partition coefficient (Wildman–Crippen LogP) is 6.47. The van der Waals surface area contributed by atoms with Gasteiger partial charge in [0, 0.05) is 6.04 Å². The highest BCUT2D eigenvalue weighted by Gasteiger charge is 2.17. The Morgan fingerprint density at radius 2 is 1.76 bits per heavy atom. The average Bonchev–Trinajstić information content (AvgIpc) is 2.76. The lowest BCUT2D eigenvalue weighted by molar-refractivity contribution is 0.447. The summed E-state index contributed by atoms with van der Waals surface area (Å²) >= 11 is 18.3. The van der Waals surface area contributed by atoms with Crippen molar-refractivity contribution in [1.29, 1.82) is 0 Å². The third-order valence-electron chi connectivity index (χ3n) is 3.77. The van der Waals surface area contributed by atoms with Crippen molar-refractivity contribution in [3.63, 3.8) is 0 Å². The van der Waals surface area contributed by atoms with Gasteiger partial charge in [-0.05, 0) is 31.4 Å². The molecular weight excluding hydrogens is 327 g/mol. The molecule has 21 heavy (non-hydrogen) atoms. The first-order valence-electron chi connectivity index (χ1n) is 7.35. The summed E-state index contributed by atoms with van der Waals surface area (Å²) in [6, 6.07) is 4.05. The second-order valence-electron chi connectivity index (χ2n) is 5.96. The van der Waals surface area contributed by atoms with E-state index in [1.165, 1.54) is 12.8 Å². The van der Waals surface area contributed by atoms with Crippen LogP contribution in [0.5, 0.6) is 0 Å². The van der Waals surface area contributed by atoms with Gasteiger partial charge in [-0.2, -0.15) is 0 Å². The molecule has 0 bridgehead atoms. The molecule has 1 heterocycles. The lowest BCUT2D eigenvalue weighted by Gasteiger charge is -2.17. The van der Waals surface area contributed by atoms with Crippen LogP contribution in [-0.2, 0) is 5.88 Å². The SMILES string of the molecule is CC(C)CCCC(C)n1c(CCl)nc2cc(Cl)c(Cl)cc21. The van der Waals surface area contributed by atoms with Crippen molar-refractivity contribution in [3.05, 3.63) is 28.0 Å². The van der Waals surface area contributed by atoms with Crippen molar-refractivity contribution in [2.24, 2.45) is 5.92 Å². The van der Waals surface area contributed by atoms with E-state index in [-0.39, 0.29) is 0 Å². The van der Waals surface area contributed by atoms with Crippen molar-refractivity contribution >= 4 is 45.8 Å². The molecule has 0 N–H and O–H groups in total. The Kier molecular flexibility index (Phi) is 5.81. The molecule has 0 aliphatic heterocycles. The molecule has 0 spiro atoms. The maximum Gasteiger partial charge on any atom is 0.125 e. The second kappa shape index (κ2) is 7.21. The van der Waals surface area contributed by atoms with Gasteiger partial charge in [0.25, 0.3) is 0 Å². The smallest absolute Gasteiger partial charge is 0.125 e. The fourth-order valence-corrected chi connectivity index (χ4v) is 3.18. The van der Waals surface area contributed by atoms with Crippen molar-refractivity contribution in [1.82, 2.24) is 9.55 Å². The quantitative estimate of drug-likeness (QED) is 0.547. The number of halogens is 3. The number of fused-ring (bicyclic) bond motifs is 1. The third-order valence-corrected chi connectivity index (χ3v) is 4.73. The van der Waals surface area contributed by atoms with E-state index in [4.69, 9.17) is 34.8 Å². The molecule has 0 amide bonds. The third kappa shape index (κ3) is 3.85. The van der Waals surface area contributed by atoms with Crippen molar-refractivity contribution in [2.45, 2.75) is 52.0 Å². The molecule has 0 radical (unpaired) electrons. The number of benzene rings is 1. The first kappa shape index (κ1) is 16.9. The monoisotopic (exact) mass is 346 g/mol. The molecule has 2 rings (SSSR count). The van der Waals surface area contributed by atoms with Crippen LogP contribution >= 0.6 is 34.8 Å². The minimum atomic E-state index is 0.347. The molecule has 0 fully saturated rings. The minimum Gasteiger partial charge on any atom is -0.324 e. The highest BCUT2D eigenvalue weighted by atomic mass is 35.5.